The van der Waals surface area contributed by atoms with Gasteiger partial charge in [0.15, 0.2) is 14.9 Å². The Balaban J connectivity index is 3.15. The predicted octanol–water partition coefficient (Wildman–Crippen LogP) is 0.798. The third-order valence-electron chi connectivity index (χ3n) is 1.48. The Bertz CT molecular complexity index is 391. The Labute approximate surface area is 81.9 Å². The molecule has 13 heavy (non-hydrogen) atoms. The molecule has 0 fully saturated rings. The Hall–Kier alpha value is -0.680. The maximum Gasteiger partial charge on any atom is 0.198 e. The molecule has 0 aliphatic heterocycles. The fraction of sp³-hybridized carbons (Fsp3) is 0.429. The minimum atomic E-state index is -3.35. The number of rotatable bonds is 3. The van der Waals surface area contributed by atoms with E-state index in [0.717, 1.165) is 0 Å². The van der Waals surface area contributed by atoms with E-state index in [-0.39, 0.29) is 16.7 Å². The summed E-state index contributed by atoms with van der Waals surface area (Å²) in [4.78, 5) is 7.60. The van der Waals surface area contributed by atoms with Gasteiger partial charge < -0.3 is 0 Å². The van der Waals surface area contributed by atoms with Gasteiger partial charge in [-0.2, -0.15) is 0 Å². The molecule has 0 aromatic carbocycles. The molecule has 72 valence electrons. The lowest BCUT2D eigenvalue weighted by Crippen LogP contribution is -2.12. The molecular formula is C7H9ClN2O2S. The zero-order valence-electron chi connectivity index (χ0n) is 7.07. The third-order valence-corrected chi connectivity index (χ3v) is 3.62. The molecule has 0 saturated heterocycles. The van der Waals surface area contributed by atoms with Crippen LogP contribution in [0.2, 0.25) is 0 Å². The number of aryl methyl sites for hydroxylation is 1. The second-order valence-corrected chi connectivity index (χ2v) is 4.86. The smallest absolute Gasteiger partial charge is 0.198 e. The molecule has 0 unspecified atom stereocenters. The maximum absolute atomic E-state index is 11.5. The van der Waals surface area contributed by atoms with Gasteiger partial charge in [-0.05, 0) is 6.92 Å². The van der Waals surface area contributed by atoms with Crippen molar-refractivity contribution < 1.29 is 8.42 Å². The van der Waals surface area contributed by atoms with Crippen LogP contribution < -0.4 is 0 Å². The molecule has 0 N–H and O–H groups in total. The van der Waals surface area contributed by atoms with Crippen molar-refractivity contribution in [1.29, 1.82) is 0 Å². The van der Waals surface area contributed by atoms with Gasteiger partial charge in [-0.25, -0.2) is 13.4 Å². The van der Waals surface area contributed by atoms with Gasteiger partial charge in [-0.1, -0.05) is 0 Å². The first-order chi connectivity index (χ1) is 6.08. The summed E-state index contributed by atoms with van der Waals surface area (Å²) in [5.41, 5.74) is 0.410. The molecule has 0 saturated carbocycles. The summed E-state index contributed by atoms with van der Waals surface area (Å²) in [6, 6.07) is 0. The average Bonchev–Trinajstić information content (AvgIpc) is 2.04. The molecule has 0 spiro atoms. The van der Waals surface area contributed by atoms with E-state index in [2.05, 4.69) is 9.97 Å². The van der Waals surface area contributed by atoms with Gasteiger partial charge in [-0.3, -0.25) is 4.98 Å². The van der Waals surface area contributed by atoms with Crippen LogP contribution in [0.15, 0.2) is 17.4 Å². The first-order valence-corrected chi connectivity index (χ1v) is 5.83. The molecular weight excluding hydrogens is 212 g/mol. The summed E-state index contributed by atoms with van der Waals surface area (Å²) in [6.45, 7) is 1.61. The van der Waals surface area contributed by atoms with E-state index >= 15 is 0 Å². The van der Waals surface area contributed by atoms with Crippen LogP contribution >= 0.6 is 11.6 Å². The van der Waals surface area contributed by atoms with Crippen molar-refractivity contribution in [3.05, 3.63) is 18.1 Å². The van der Waals surface area contributed by atoms with Crippen molar-refractivity contribution in [1.82, 2.24) is 9.97 Å². The maximum atomic E-state index is 11.5. The van der Waals surface area contributed by atoms with Gasteiger partial charge in [-0.15, -0.1) is 11.6 Å². The van der Waals surface area contributed by atoms with Gasteiger partial charge in [0.05, 0.1) is 11.4 Å². The molecule has 0 atom stereocenters. The second kappa shape index (κ2) is 4.02. The minimum Gasteiger partial charge on any atom is -0.257 e. The van der Waals surface area contributed by atoms with Gasteiger partial charge in [0.25, 0.3) is 0 Å². The van der Waals surface area contributed by atoms with Crippen LogP contribution in [0.3, 0.4) is 0 Å². The van der Waals surface area contributed by atoms with E-state index in [1.807, 2.05) is 0 Å². The Morgan fingerprint density at radius 1 is 1.38 bits per heavy atom. The summed E-state index contributed by atoms with van der Waals surface area (Å²) >= 11 is 5.36. The fourth-order valence-corrected chi connectivity index (χ4v) is 2.63. The van der Waals surface area contributed by atoms with Crippen molar-refractivity contribution in [3.8, 4) is 0 Å². The molecule has 0 aliphatic rings. The van der Waals surface area contributed by atoms with E-state index in [9.17, 15) is 8.42 Å². The standard InChI is InChI=1S/C7H9ClN2O2S/c1-6-7(10-4-3-9-6)13(11,12)5-2-8/h3-4H,2,5H2,1H3. The van der Waals surface area contributed by atoms with Crippen LogP contribution in [0.1, 0.15) is 5.69 Å². The van der Waals surface area contributed by atoms with E-state index < -0.39 is 9.84 Å². The number of alkyl halides is 1. The second-order valence-electron chi connectivity index (χ2n) is 2.45. The molecule has 4 nitrogen and oxygen atoms in total. The first kappa shape index (κ1) is 10.4. The number of hydrogen-bond donors (Lipinski definition) is 0. The molecule has 1 aromatic heterocycles. The molecule has 0 amide bonds. The van der Waals surface area contributed by atoms with Crippen molar-refractivity contribution in [2.75, 3.05) is 11.6 Å². The zero-order valence-corrected chi connectivity index (χ0v) is 8.64. The van der Waals surface area contributed by atoms with Crippen LogP contribution in [0.25, 0.3) is 0 Å². The molecule has 6 heteroatoms. The summed E-state index contributed by atoms with van der Waals surface area (Å²) in [5.74, 6) is -0.0353. The SMILES string of the molecule is Cc1nccnc1S(=O)(=O)CCCl. The lowest BCUT2D eigenvalue weighted by Gasteiger charge is -2.02. The summed E-state index contributed by atoms with van der Waals surface area (Å²) in [6.07, 6.45) is 2.81. The lowest BCUT2D eigenvalue weighted by atomic mass is 10.5. The Morgan fingerprint density at radius 3 is 2.54 bits per heavy atom. The van der Waals surface area contributed by atoms with E-state index in [4.69, 9.17) is 11.6 Å². The number of halogens is 1. The Kier molecular flexibility index (Phi) is 3.22. The van der Waals surface area contributed by atoms with Crippen molar-refractivity contribution in [2.45, 2.75) is 11.9 Å². The quantitative estimate of drug-likeness (QED) is 0.707. The van der Waals surface area contributed by atoms with Crippen LogP contribution in [0.4, 0.5) is 0 Å². The van der Waals surface area contributed by atoms with Crippen LogP contribution in [-0.4, -0.2) is 30.0 Å². The van der Waals surface area contributed by atoms with Crippen LogP contribution in [0, 0.1) is 6.92 Å². The lowest BCUT2D eigenvalue weighted by molar-refractivity contribution is 0.592. The summed E-state index contributed by atoms with van der Waals surface area (Å²) in [5, 5.41) is 0.0238. The number of sulfone groups is 1. The van der Waals surface area contributed by atoms with Crippen LogP contribution in [0.5, 0.6) is 0 Å². The molecule has 0 radical (unpaired) electrons. The van der Waals surface area contributed by atoms with Gasteiger partial charge >= 0.3 is 0 Å². The molecule has 0 aliphatic carbocycles. The van der Waals surface area contributed by atoms with Crippen LogP contribution in [-0.2, 0) is 9.84 Å². The van der Waals surface area contributed by atoms with Gasteiger partial charge in [0, 0.05) is 18.3 Å². The van der Waals surface area contributed by atoms with Crippen molar-refractivity contribution in [2.24, 2.45) is 0 Å². The monoisotopic (exact) mass is 220 g/mol. The molecule has 0 bridgehead atoms. The average molecular weight is 221 g/mol. The topological polar surface area (TPSA) is 59.9 Å². The van der Waals surface area contributed by atoms with Crippen molar-refractivity contribution >= 4 is 21.4 Å². The first-order valence-electron chi connectivity index (χ1n) is 3.64. The normalized spacial score (nSPS) is 11.5. The van der Waals surface area contributed by atoms with Gasteiger partial charge in [0.2, 0.25) is 0 Å². The minimum absolute atomic E-state index is 0.0238. The fourth-order valence-electron chi connectivity index (χ4n) is 0.898. The highest BCUT2D eigenvalue weighted by Crippen LogP contribution is 2.10. The van der Waals surface area contributed by atoms with Gasteiger partial charge in [0.1, 0.15) is 0 Å². The molecule has 1 aromatic rings. The van der Waals surface area contributed by atoms with E-state index in [1.165, 1.54) is 12.4 Å². The number of aromatic nitrogens is 2. The number of hydrogen-bond acceptors (Lipinski definition) is 4. The molecule has 1 rings (SSSR count). The summed E-state index contributed by atoms with van der Waals surface area (Å²) in [7, 11) is -3.35. The van der Waals surface area contributed by atoms with E-state index in [0.29, 0.717) is 5.69 Å². The highest BCUT2D eigenvalue weighted by molar-refractivity contribution is 7.91. The predicted molar refractivity (Wildman–Crippen MR) is 49.5 cm³/mol. The number of nitrogens with zero attached hydrogens (tertiary/aromatic N) is 2. The zero-order chi connectivity index (χ0) is 9.90. The third kappa shape index (κ3) is 2.38. The summed E-state index contributed by atoms with van der Waals surface area (Å²) < 4.78 is 22.9. The largest absolute Gasteiger partial charge is 0.257 e. The highest BCUT2D eigenvalue weighted by atomic mass is 35.5. The Morgan fingerprint density at radius 2 is 2.00 bits per heavy atom. The highest BCUT2D eigenvalue weighted by Gasteiger charge is 2.17. The van der Waals surface area contributed by atoms with E-state index in [1.54, 1.807) is 6.92 Å². The van der Waals surface area contributed by atoms with Crippen molar-refractivity contribution in [3.63, 3.8) is 0 Å². The molecule has 1 heterocycles.